The van der Waals surface area contributed by atoms with Gasteiger partial charge >= 0.3 is 0 Å². The average Bonchev–Trinajstić information content (AvgIpc) is 2.95. The number of nitrogens with zero attached hydrogens (tertiary/aromatic N) is 3. The van der Waals surface area contributed by atoms with Gasteiger partial charge < -0.3 is 14.2 Å². The van der Waals surface area contributed by atoms with Crippen molar-refractivity contribution < 1.29 is 14.2 Å². The summed E-state index contributed by atoms with van der Waals surface area (Å²) in [4.78, 5) is 18.7. The Morgan fingerprint density at radius 2 is 1.88 bits per heavy atom. The van der Waals surface area contributed by atoms with Crippen LogP contribution in [0.1, 0.15) is 42.0 Å². The molecule has 0 aliphatic heterocycles. The lowest BCUT2D eigenvalue weighted by atomic mass is 9.96. The molecule has 0 radical (unpaired) electrons. The summed E-state index contributed by atoms with van der Waals surface area (Å²) in [5.41, 5.74) is 4.60. The molecule has 0 unspecified atom stereocenters. The maximum Gasteiger partial charge on any atom is 0.282 e. The molecule has 0 saturated heterocycles. The van der Waals surface area contributed by atoms with Gasteiger partial charge in [-0.3, -0.25) is 4.79 Å². The molecule has 0 N–H and O–H groups in total. The maximum atomic E-state index is 13.8. The van der Waals surface area contributed by atoms with Crippen LogP contribution in [0.15, 0.2) is 71.1 Å². The Labute approximate surface area is 234 Å². The van der Waals surface area contributed by atoms with Crippen molar-refractivity contribution >= 4 is 17.1 Å². The quantitative estimate of drug-likeness (QED) is 0.139. The molecule has 0 aliphatic rings. The molecule has 7 nitrogen and oxygen atoms in total. The lowest BCUT2D eigenvalue weighted by Gasteiger charge is -2.17. The lowest BCUT2D eigenvalue weighted by Crippen LogP contribution is -2.21. The molecule has 0 spiro atoms. The fourth-order valence-corrected chi connectivity index (χ4v) is 4.59. The number of hydrogen-bond acceptors (Lipinski definition) is 6. The predicted molar refractivity (Wildman–Crippen MR) is 161 cm³/mol. The van der Waals surface area contributed by atoms with Gasteiger partial charge in [0.15, 0.2) is 17.3 Å². The zero-order valence-corrected chi connectivity index (χ0v) is 23.5. The number of benzene rings is 3. The smallest absolute Gasteiger partial charge is 0.282 e. The molecular weight excluding hydrogens is 502 g/mol. The van der Waals surface area contributed by atoms with E-state index in [0.717, 1.165) is 28.0 Å². The lowest BCUT2D eigenvalue weighted by molar-refractivity contribution is 0.328. The van der Waals surface area contributed by atoms with Crippen molar-refractivity contribution in [1.82, 2.24) is 9.66 Å². The summed E-state index contributed by atoms with van der Waals surface area (Å²) in [6, 6.07) is 15.0. The fraction of sp³-hybridized carbons (Fsp3) is 0.242. The number of hydrogen-bond donors (Lipinski definition) is 0. The Morgan fingerprint density at radius 3 is 2.55 bits per heavy atom. The Morgan fingerprint density at radius 1 is 1.12 bits per heavy atom. The van der Waals surface area contributed by atoms with Crippen molar-refractivity contribution in [2.75, 3.05) is 20.8 Å². The van der Waals surface area contributed by atoms with Crippen LogP contribution in [0.5, 0.6) is 17.2 Å². The van der Waals surface area contributed by atoms with Crippen LogP contribution in [-0.2, 0) is 6.42 Å². The largest absolute Gasteiger partial charge is 0.496 e. The molecule has 7 heteroatoms. The van der Waals surface area contributed by atoms with Crippen molar-refractivity contribution in [2.45, 2.75) is 33.1 Å². The summed E-state index contributed by atoms with van der Waals surface area (Å²) in [6.07, 6.45) is 9.32. The number of allylic oxidation sites excluding steroid dienone is 1. The molecule has 1 heterocycles. The molecule has 40 heavy (non-hydrogen) atoms. The van der Waals surface area contributed by atoms with Crippen LogP contribution < -0.4 is 19.8 Å². The molecule has 0 fully saturated rings. The average molecular weight is 536 g/mol. The Bertz CT molecular complexity index is 1690. The van der Waals surface area contributed by atoms with E-state index in [1.165, 1.54) is 4.68 Å². The molecule has 1 aromatic heterocycles. The van der Waals surface area contributed by atoms with Crippen molar-refractivity contribution in [3.63, 3.8) is 0 Å². The Balaban J connectivity index is 1.94. The van der Waals surface area contributed by atoms with E-state index in [2.05, 4.69) is 31.4 Å². The summed E-state index contributed by atoms with van der Waals surface area (Å²) >= 11 is 0. The van der Waals surface area contributed by atoms with Crippen molar-refractivity contribution in [3.05, 3.63) is 93.8 Å². The Hall–Kier alpha value is -4.83. The first-order valence-corrected chi connectivity index (χ1v) is 13.0. The van der Waals surface area contributed by atoms with Crippen molar-refractivity contribution in [2.24, 2.45) is 5.10 Å². The highest BCUT2D eigenvalue weighted by Gasteiger charge is 2.19. The number of aryl methyl sites for hydroxylation is 1. The molecule has 204 valence electrons. The van der Waals surface area contributed by atoms with Gasteiger partial charge in [-0.1, -0.05) is 38.0 Å². The number of aromatic nitrogens is 2. The summed E-state index contributed by atoms with van der Waals surface area (Å²) < 4.78 is 18.3. The number of para-hydroxylation sites is 1. The zero-order chi connectivity index (χ0) is 28.8. The summed E-state index contributed by atoms with van der Waals surface area (Å²) in [5, 5.41) is 5.13. The molecule has 4 aromatic rings. The Kier molecular flexibility index (Phi) is 8.70. The third kappa shape index (κ3) is 5.62. The van der Waals surface area contributed by atoms with E-state index >= 15 is 0 Å². The zero-order valence-electron chi connectivity index (χ0n) is 23.5. The second-order valence-electron chi connectivity index (χ2n) is 9.57. The van der Waals surface area contributed by atoms with Crippen LogP contribution >= 0.6 is 0 Å². The summed E-state index contributed by atoms with van der Waals surface area (Å²) in [7, 11) is 3.22. The van der Waals surface area contributed by atoms with Crippen LogP contribution in [-0.4, -0.2) is 36.7 Å². The van der Waals surface area contributed by atoms with Crippen LogP contribution in [0.3, 0.4) is 0 Å². The first kappa shape index (κ1) is 28.2. The number of rotatable bonds is 10. The second kappa shape index (κ2) is 12.4. The van der Waals surface area contributed by atoms with Gasteiger partial charge in [0.1, 0.15) is 12.4 Å². The highest BCUT2D eigenvalue weighted by Crippen LogP contribution is 2.35. The molecule has 3 aromatic carbocycles. The first-order valence-electron chi connectivity index (χ1n) is 13.0. The third-order valence-corrected chi connectivity index (χ3v) is 6.55. The molecule has 0 amide bonds. The van der Waals surface area contributed by atoms with E-state index in [0.29, 0.717) is 40.2 Å². The normalized spacial score (nSPS) is 11.1. The van der Waals surface area contributed by atoms with E-state index in [4.69, 9.17) is 25.6 Å². The third-order valence-electron chi connectivity index (χ3n) is 6.55. The molecule has 0 bridgehead atoms. The van der Waals surface area contributed by atoms with Gasteiger partial charge in [-0.05, 0) is 72.4 Å². The monoisotopic (exact) mass is 535 g/mol. The van der Waals surface area contributed by atoms with Crippen LogP contribution in [0.25, 0.3) is 22.3 Å². The van der Waals surface area contributed by atoms with Crippen LogP contribution in [0.2, 0.25) is 0 Å². The fourth-order valence-electron chi connectivity index (χ4n) is 4.59. The maximum absolute atomic E-state index is 13.8. The molecule has 0 aliphatic carbocycles. The van der Waals surface area contributed by atoms with Gasteiger partial charge in [0.25, 0.3) is 5.56 Å². The minimum Gasteiger partial charge on any atom is -0.496 e. The van der Waals surface area contributed by atoms with Crippen molar-refractivity contribution in [3.8, 4) is 41.0 Å². The molecule has 4 rings (SSSR count). The predicted octanol–water partition coefficient (Wildman–Crippen LogP) is 6.14. The van der Waals surface area contributed by atoms with E-state index in [9.17, 15) is 4.79 Å². The van der Waals surface area contributed by atoms with E-state index in [1.54, 1.807) is 38.6 Å². The van der Waals surface area contributed by atoms with E-state index < -0.39 is 0 Å². The SMILES string of the molecule is C#CCOc1c(CC=C)cc(C=Nn2c(-c3cc(C(C)C)c(OC)cc3C)nc3ccccc3c2=O)cc1OC. The number of terminal acetylenes is 1. The summed E-state index contributed by atoms with van der Waals surface area (Å²) in [6.45, 7) is 10.1. The molecular formula is C33H33N3O4. The molecule has 0 atom stereocenters. The van der Waals surface area contributed by atoms with Crippen molar-refractivity contribution in [1.29, 1.82) is 0 Å². The highest BCUT2D eigenvalue weighted by molar-refractivity contribution is 5.83. The van der Waals surface area contributed by atoms with Gasteiger partial charge in [-0.2, -0.15) is 9.78 Å². The van der Waals surface area contributed by atoms with Gasteiger partial charge in [0.2, 0.25) is 0 Å². The minimum atomic E-state index is -0.273. The number of ether oxygens (including phenoxy) is 3. The van der Waals surface area contributed by atoms with Gasteiger partial charge in [-0.25, -0.2) is 4.98 Å². The van der Waals surface area contributed by atoms with Gasteiger partial charge in [0, 0.05) is 11.1 Å². The minimum absolute atomic E-state index is 0.106. The highest BCUT2D eigenvalue weighted by atomic mass is 16.5. The first-order chi connectivity index (χ1) is 19.3. The van der Waals surface area contributed by atoms with Gasteiger partial charge in [0.05, 0.1) is 31.3 Å². The van der Waals surface area contributed by atoms with Crippen LogP contribution in [0.4, 0.5) is 0 Å². The van der Waals surface area contributed by atoms with Gasteiger partial charge in [-0.15, -0.1) is 13.0 Å². The number of fused-ring (bicyclic) bond motifs is 1. The molecule has 0 saturated carbocycles. The van der Waals surface area contributed by atoms with E-state index in [-0.39, 0.29) is 18.1 Å². The standard InChI is InChI=1S/C33H33N3O4/c1-8-12-24-17-23(18-30(39-7)31(24)40-15-9-2)20-34-36-32(35-28-14-11-10-13-25(28)33(36)37)27-19-26(21(3)4)29(38-6)16-22(27)5/h2,8,10-11,13-14,16-21H,1,12,15H2,3-7H3. The number of methoxy groups -OCH3 is 2. The van der Waals surface area contributed by atoms with E-state index in [1.807, 2.05) is 43.3 Å². The topological polar surface area (TPSA) is 74.9 Å². The van der Waals surface area contributed by atoms with Crippen LogP contribution in [0, 0.1) is 19.3 Å². The second-order valence-corrected chi connectivity index (χ2v) is 9.57. The summed E-state index contributed by atoms with van der Waals surface area (Å²) in [5.74, 6) is 4.97.